The quantitative estimate of drug-likeness (QED) is 0.635. The van der Waals surface area contributed by atoms with Gasteiger partial charge in [0.25, 0.3) is 0 Å². The number of imide groups is 1. The second-order valence-electron chi connectivity index (χ2n) is 5.38. The summed E-state index contributed by atoms with van der Waals surface area (Å²) in [6.07, 6.45) is 0. The number of hydrogen-bond donors (Lipinski definition) is 2. The Morgan fingerprint density at radius 3 is 2.50 bits per heavy atom. The number of nitrogens with one attached hydrogen (secondary N) is 1. The summed E-state index contributed by atoms with van der Waals surface area (Å²) in [4.78, 5) is 24.8. The maximum atomic E-state index is 11.5. The van der Waals surface area contributed by atoms with Crippen LogP contribution in [0.3, 0.4) is 0 Å². The average molecular weight is 227 g/mol. The second-order valence-corrected chi connectivity index (χ2v) is 5.38. The van der Waals surface area contributed by atoms with Crippen molar-refractivity contribution in [2.45, 2.75) is 39.8 Å². The summed E-state index contributed by atoms with van der Waals surface area (Å²) in [7, 11) is 0. The van der Waals surface area contributed by atoms with E-state index < -0.39 is 0 Å². The molecule has 92 valence electrons. The molecule has 16 heavy (non-hydrogen) atoms. The van der Waals surface area contributed by atoms with Gasteiger partial charge in [0.15, 0.2) is 0 Å². The highest BCUT2D eigenvalue weighted by atomic mass is 16.2. The van der Waals surface area contributed by atoms with Crippen LogP contribution in [0.4, 0.5) is 0 Å². The van der Waals surface area contributed by atoms with E-state index in [0.717, 1.165) is 0 Å². The predicted molar refractivity (Wildman–Crippen MR) is 61.6 cm³/mol. The third-order valence-corrected chi connectivity index (χ3v) is 3.09. The molecule has 0 spiro atoms. The molecule has 2 atom stereocenters. The lowest BCUT2D eigenvalue weighted by Gasteiger charge is -2.43. The van der Waals surface area contributed by atoms with Gasteiger partial charge in [0.1, 0.15) is 0 Å². The highest BCUT2D eigenvalue weighted by Crippen LogP contribution is 2.26. The monoisotopic (exact) mass is 227 g/mol. The first-order valence-electron chi connectivity index (χ1n) is 5.57. The minimum absolute atomic E-state index is 0.0255. The number of nitrogens with zero attached hydrogens (tertiary/aromatic N) is 1. The molecule has 2 unspecified atom stereocenters. The van der Waals surface area contributed by atoms with Crippen LogP contribution in [0.2, 0.25) is 0 Å². The van der Waals surface area contributed by atoms with E-state index in [4.69, 9.17) is 5.73 Å². The van der Waals surface area contributed by atoms with Gasteiger partial charge in [-0.15, -0.1) is 0 Å². The summed E-state index contributed by atoms with van der Waals surface area (Å²) in [6, 6.07) is -0.275. The van der Waals surface area contributed by atoms with Crippen LogP contribution < -0.4 is 11.1 Å². The number of piperazine rings is 1. The van der Waals surface area contributed by atoms with Gasteiger partial charge in [0.2, 0.25) is 11.8 Å². The maximum absolute atomic E-state index is 11.5. The molecule has 0 radical (unpaired) electrons. The molecule has 1 aliphatic rings. The molecule has 0 saturated carbocycles. The Bertz CT molecular complexity index is 296. The van der Waals surface area contributed by atoms with Crippen molar-refractivity contribution < 1.29 is 9.59 Å². The summed E-state index contributed by atoms with van der Waals surface area (Å²) in [5.41, 5.74) is 5.70. The molecule has 1 saturated heterocycles. The van der Waals surface area contributed by atoms with E-state index in [9.17, 15) is 9.59 Å². The van der Waals surface area contributed by atoms with Crippen LogP contribution in [0, 0.1) is 5.41 Å². The van der Waals surface area contributed by atoms with E-state index in [1.165, 1.54) is 0 Å². The van der Waals surface area contributed by atoms with Crippen LogP contribution >= 0.6 is 0 Å². The van der Waals surface area contributed by atoms with Gasteiger partial charge in [-0.05, 0) is 12.3 Å². The normalized spacial score (nSPS) is 25.4. The highest BCUT2D eigenvalue weighted by Gasteiger charge is 2.38. The molecular formula is C11H21N3O2. The number of carbonyl (C=O) groups excluding carboxylic acids is 2. The predicted octanol–water partition coefficient (Wildman–Crippen LogP) is -0.293. The van der Waals surface area contributed by atoms with Crippen molar-refractivity contribution in [1.29, 1.82) is 0 Å². The Hall–Kier alpha value is -0.940. The Balaban J connectivity index is 2.91. The molecule has 2 amide bonds. The summed E-state index contributed by atoms with van der Waals surface area (Å²) in [5, 5.41) is 2.33. The zero-order valence-electron chi connectivity index (χ0n) is 10.4. The number of carbonyl (C=O) groups is 2. The molecule has 5 heteroatoms. The summed E-state index contributed by atoms with van der Waals surface area (Å²) < 4.78 is 0. The van der Waals surface area contributed by atoms with E-state index in [0.29, 0.717) is 6.54 Å². The standard InChI is InChI=1S/C11H21N3O2/c1-7-10(16)13-9(15)6-14(7)8(5-12)11(2,3)4/h7-8H,5-6,12H2,1-4H3,(H,13,15,16). The molecular weight excluding hydrogens is 206 g/mol. The van der Waals surface area contributed by atoms with E-state index in [2.05, 4.69) is 26.1 Å². The van der Waals surface area contributed by atoms with Crippen LogP contribution in [0.5, 0.6) is 0 Å². The molecule has 3 N–H and O–H groups in total. The largest absolute Gasteiger partial charge is 0.329 e. The van der Waals surface area contributed by atoms with Crippen LogP contribution in [-0.2, 0) is 9.59 Å². The molecule has 5 nitrogen and oxygen atoms in total. The molecule has 1 fully saturated rings. The van der Waals surface area contributed by atoms with Gasteiger partial charge in [-0.2, -0.15) is 0 Å². The zero-order valence-corrected chi connectivity index (χ0v) is 10.4. The molecule has 1 aliphatic heterocycles. The lowest BCUT2D eigenvalue weighted by molar-refractivity contribution is -0.142. The summed E-state index contributed by atoms with van der Waals surface area (Å²) in [5.74, 6) is -0.482. The lowest BCUT2D eigenvalue weighted by Crippen LogP contribution is -2.63. The molecule has 0 aliphatic carbocycles. The highest BCUT2D eigenvalue weighted by molar-refractivity contribution is 6.00. The van der Waals surface area contributed by atoms with Gasteiger partial charge < -0.3 is 5.73 Å². The smallest absolute Gasteiger partial charge is 0.243 e. The van der Waals surface area contributed by atoms with E-state index in [-0.39, 0.29) is 35.9 Å². The molecule has 0 aromatic carbocycles. The molecule has 1 heterocycles. The number of nitrogens with two attached hydrogens (primary N) is 1. The topological polar surface area (TPSA) is 75.4 Å². The average Bonchev–Trinajstić information content (AvgIpc) is 2.11. The van der Waals surface area contributed by atoms with Crippen molar-refractivity contribution in [3.05, 3.63) is 0 Å². The Morgan fingerprint density at radius 1 is 1.50 bits per heavy atom. The van der Waals surface area contributed by atoms with Crippen molar-refractivity contribution in [3.8, 4) is 0 Å². The first kappa shape index (κ1) is 13.1. The van der Waals surface area contributed by atoms with E-state index >= 15 is 0 Å². The fraction of sp³-hybridized carbons (Fsp3) is 0.818. The maximum Gasteiger partial charge on any atom is 0.243 e. The molecule has 1 rings (SSSR count). The number of hydrogen-bond acceptors (Lipinski definition) is 4. The molecule has 0 aromatic heterocycles. The van der Waals surface area contributed by atoms with Crippen molar-refractivity contribution in [3.63, 3.8) is 0 Å². The third-order valence-electron chi connectivity index (χ3n) is 3.09. The lowest BCUT2D eigenvalue weighted by atomic mass is 9.84. The summed E-state index contributed by atoms with van der Waals surface area (Å²) in [6.45, 7) is 8.67. The van der Waals surface area contributed by atoms with Gasteiger partial charge in [-0.1, -0.05) is 20.8 Å². The SMILES string of the molecule is CC1C(=O)NC(=O)CN1C(CN)C(C)(C)C. The minimum Gasteiger partial charge on any atom is -0.329 e. The fourth-order valence-electron chi connectivity index (χ4n) is 2.10. The second kappa shape index (κ2) is 4.51. The van der Waals surface area contributed by atoms with Crippen LogP contribution in [-0.4, -0.2) is 41.9 Å². The number of amides is 2. The Kier molecular flexibility index (Phi) is 3.70. The molecule has 0 aromatic rings. The van der Waals surface area contributed by atoms with Gasteiger partial charge in [-0.25, -0.2) is 0 Å². The van der Waals surface area contributed by atoms with Crippen LogP contribution in [0.1, 0.15) is 27.7 Å². The van der Waals surface area contributed by atoms with Crippen molar-refractivity contribution >= 4 is 11.8 Å². The molecule has 0 bridgehead atoms. The first-order chi connectivity index (χ1) is 7.27. The zero-order chi connectivity index (χ0) is 12.5. The van der Waals surface area contributed by atoms with Crippen LogP contribution in [0.15, 0.2) is 0 Å². The van der Waals surface area contributed by atoms with E-state index in [1.807, 2.05) is 4.90 Å². The fourth-order valence-corrected chi connectivity index (χ4v) is 2.10. The van der Waals surface area contributed by atoms with Gasteiger partial charge in [-0.3, -0.25) is 19.8 Å². The Morgan fingerprint density at radius 2 is 2.06 bits per heavy atom. The Labute approximate surface area is 96.4 Å². The van der Waals surface area contributed by atoms with Crippen molar-refractivity contribution in [1.82, 2.24) is 10.2 Å². The first-order valence-corrected chi connectivity index (χ1v) is 5.57. The van der Waals surface area contributed by atoms with E-state index in [1.54, 1.807) is 6.92 Å². The van der Waals surface area contributed by atoms with Gasteiger partial charge >= 0.3 is 0 Å². The van der Waals surface area contributed by atoms with Crippen LogP contribution in [0.25, 0.3) is 0 Å². The summed E-state index contributed by atoms with van der Waals surface area (Å²) >= 11 is 0. The van der Waals surface area contributed by atoms with Gasteiger partial charge in [0, 0.05) is 12.6 Å². The third kappa shape index (κ3) is 2.59. The number of rotatable bonds is 2. The van der Waals surface area contributed by atoms with Gasteiger partial charge in [0.05, 0.1) is 12.6 Å². The minimum atomic E-state index is -0.300. The van der Waals surface area contributed by atoms with Crippen molar-refractivity contribution in [2.75, 3.05) is 13.1 Å². The van der Waals surface area contributed by atoms with Crippen molar-refractivity contribution in [2.24, 2.45) is 11.1 Å².